The lowest BCUT2D eigenvalue weighted by Gasteiger charge is -2.13. The normalized spacial score (nSPS) is 11.2. The summed E-state index contributed by atoms with van der Waals surface area (Å²) in [5, 5.41) is 5.40. The maximum absolute atomic E-state index is 12.9. The van der Waals surface area contributed by atoms with Crippen LogP contribution in [0.25, 0.3) is 0 Å². The molecule has 0 radical (unpaired) electrons. The van der Waals surface area contributed by atoms with Crippen LogP contribution < -0.4 is 10.6 Å². The molecule has 0 aliphatic heterocycles. The number of halogens is 3. The fraction of sp³-hybridized carbons (Fsp3) is 0.278. The molecule has 0 aliphatic carbocycles. The fourth-order valence-corrected chi connectivity index (χ4v) is 2.23. The lowest BCUT2D eigenvalue weighted by molar-refractivity contribution is -0.137. The van der Waals surface area contributed by atoms with Crippen LogP contribution in [0.2, 0.25) is 0 Å². The van der Waals surface area contributed by atoms with Gasteiger partial charge in [-0.2, -0.15) is 13.2 Å². The first kappa shape index (κ1) is 17.8. The van der Waals surface area contributed by atoms with E-state index >= 15 is 0 Å². The van der Waals surface area contributed by atoms with Crippen molar-refractivity contribution in [1.82, 2.24) is 0 Å². The van der Waals surface area contributed by atoms with Crippen LogP contribution in [-0.2, 0) is 17.4 Å². The number of hydrogen-bond donors (Lipinski definition) is 2. The average molecular weight is 336 g/mol. The van der Waals surface area contributed by atoms with E-state index in [9.17, 15) is 18.0 Å². The second kappa shape index (κ2) is 7.86. The molecule has 0 saturated carbocycles. The Balaban J connectivity index is 1.87. The fourth-order valence-electron chi connectivity index (χ4n) is 2.23. The zero-order chi connectivity index (χ0) is 17.6. The van der Waals surface area contributed by atoms with E-state index in [1.165, 1.54) is 23.8 Å². The molecule has 0 aromatic heterocycles. The Labute approximate surface area is 138 Å². The first-order valence-corrected chi connectivity index (χ1v) is 7.69. The van der Waals surface area contributed by atoms with Crippen LogP contribution in [-0.4, -0.2) is 12.5 Å². The number of para-hydroxylation sites is 1. The number of rotatable bonds is 6. The van der Waals surface area contributed by atoms with Gasteiger partial charge in [-0.05, 0) is 36.2 Å². The number of carbonyl (C=O) groups is 1. The number of anilines is 2. The highest BCUT2D eigenvalue weighted by Gasteiger charge is 2.33. The lowest BCUT2D eigenvalue weighted by Crippen LogP contribution is -2.19. The Morgan fingerprint density at radius 2 is 1.71 bits per heavy atom. The van der Waals surface area contributed by atoms with E-state index in [0.29, 0.717) is 6.54 Å². The van der Waals surface area contributed by atoms with Crippen LogP contribution in [0.5, 0.6) is 0 Å². The molecule has 0 aliphatic rings. The number of nitrogens with one attached hydrogen (secondary N) is 2. The van der Waals surface area contributed by atoms with E-state index in [0.717, 1.165) is 18.2 Å². The van der Waals surface area contributed by atoms with Gasteiger partial charge in [0.15, 0.2) is 0 Å². The quantitative estimate of drug-likeness (QED) is 0.802. The molecule has 2 rings (SSSR count). The van der Waals surface area contributed by atoms with E-state index in [2.05, 4.69) is 17.6 Å². The van der Waals surface area contributed by atoms with Gasteiger partial charge in [-0.1, -0.05) is 31.2 Å². The van der Waals surface area contributed by atoms with Crippen molar-refractivity contribution in [3.63, 3.8) is 0 Å². The monoisotopic (exact) mass is 336 g/mol. The smallest absolute Gasteiger partial charge is 0.385 e. The van der Waals surface area contributed by atoms with Crippen molar-refractivity contribution in [2.24, 2.45) is 0 Å². The molecule has 6 heteroatoms. The summed E-state index contributed by atoms with van der Waals surface area (Å²) in [7, 11) is 0. The minimum Gasteiger partial charge on any atom is -0.385 e. The van der Waals surface area contributed by atoms with Crippen molar-refractivity contribution in [2.75, 3.05) is 17.2 Å². The molecule has 1 amide bonds. The van der Waals surface area contributed by atoms with Gasteiger partial charge in [0.1, 0.15) is 0 Å². The van der Waals surface area contributed by atoms with Crippen LogP contribution in [0.15, 0.2) is 48.5 Å². The van der Waals surface area contributed by atoms with E-state index < -0.39 is 17.6 Å². The second-order valence-corrected chi connectivity index (χ2v) is 5.32. The predicted molar refractivity (Wildman–Crippen MR) is 89.0 cm³/mol. The molecular formula is C18H19F3N2O. The number of benzene rings is 2. The molecule has 24 heavy (non-hydrogen) atoms. The highest BCUT2D eigenvalue weighted by Crippen LogP contribution is 2.34. The highest BCUT2D eigenvalue weighted by atomic mass is 19.4. The highest BCUT2D eigenvalue weighted by molar-refractivity contribution is 5.91. The summed E-state index contributed by atoms with van der Waals surface area (Å²) < 4.78 is 38.6. The van der Waals surface area contributed by atoms with E-state index in [-0.39, 0.29) is 12.1 Å². The predicted octanol–water partition coefficient (Wildman–Crippen LogP) is 4.71. The summed E-state index contributed by atoms with van der Waals surface area (Å²) >= 11 is 0. The summed E-state index contributed by atoms with van der Waals surface area (Å²) in [6.07, 6.45) is -3.48. The molecule has 2 aromatic rings. The zero-order valence-electron chi connectivity index (χ0n) is 13.3. The molecule has 0 heterocycles. The van der Waals surface area contributed by atoms with Gasteiger partial charge < -0.3 is 10.6 Å². The third kappa shape index (κ3) is 5.01. The topological polar surface area (TPSA) is 41.1 Å². The number of carbonyl (C=O) groups excluding carboxylic acids is 1. The van der Waals surface area contributed by atoms with Crippen molar-refractivity contribution < 1.29 is 18.0 Å². The Bertz CT molecular complexity index is 681. The van der Waals surface area contributed by atoms with Crippen molar-refractivity contribution in [3.05, 3.63) is 59.7 Å². The SMILES string of the molecule is CCc1ccc(NCCC(=O)Nc2ccccc2C(F)(F)F)cc1. The average Bonchev–Trinajstić information content (AvgIpc) is 2.55. The van der Waals surface area contributed by atoms with Gasteiger partial charge in [0.2, 0.25) is 5.91 Å². The molecule has 0 unspecified atom stereocenters. The molecular weight excluding hydrogens is 317 g/mol. The van der Waals surface area contributed by atoms with Gasteiger partial charge in [-0.3, -0.25) is 4.79 Å². The minimum absolute atomic E-state index is 0.0712. The van der Waals surface area contributed by atoms with E-state index in [1.807, 2.05) is 24.3 Å². The van der Waals surface area contributed by atoms with Crippen molar-refractivity contribution in [3.8, 4) is 0 Å². The van der Waals surface area contributed by atoms with Crippen LogP contribution in [0.3, 0.4) is 0 Å². The van der Waals surface area contributed by atoms with Gasteiger partial charge in [-0.25, -0.2) is 0 Å². The Kier molecular flexibility index (Phi) is 5.84. The van der Waals surface area contributed by atoms with Crippen molar-refractivity contribution >= 4 is 17.3 Å². The van der Waals surface area contributed by atoms with Crippen LogP contribution >= 0.6 is 0 Å². The molecule has 0 bridgehead atoms. The summed E-state index contributed by atoms with van der Waals surface area (Å²) in [6.45, 7) is 2.40. The molecule has 128 valence electrons. The second-order valence-electron chi connectivity index (χ2n) is 5.32. The lowest BCUT2D eigenvalue weighted by atomic mass is 10.1. The van der Waals surface area contributed by atoms with Crippen LogP contribution in [0.4, 0.5) is 24.5 Å². The maximum Gasteiger partial charge on any atom is 0.418 e. The number of amides is 1. The molecule has 0 atom stereocenters. The first-order chi connectivity index (χ1) is 11.4. The number of aryl methyl sites for hydroxylation is 1. The van der Waals surface area contributed by atoms with Crippen molar-refractivity contribution in [2.45, 2.75) is 25.9 Å². The standard InChI is InChI=1S/C18H19F3N2O/c1-2-13-7-9-14(10-8-13)22-12-11-17(24)23-16-6-4-3-5-15(16)18(19,20)21/h3-10,22H,2,11-12H2,1H3,(H,23,24). The number of alkyl halides is 3. The van der Waals surface area contributed by atoms with Gasteiger partial charge in [-0.15, -0.1) is 0 Å². The largest absolute Gasteiger partial charge is 0.418 e. The summed E-state index contributed by atoms with van der Waals surface area (Å²) in [6, 6.07) is 12.7. The Morgan fingerprint density at radius 1 is 1.04 bits per heavy atom. The molecule has 0 fully saturated rings. The third-order valence-corrected chi connectivity index (χ3v) is 3.55. The van der Waals surface area contributed by atoms with Crippen LogP contribution in [0.1, 0.15) is 24.5 Å². The summed E-state index contributed by atoms with van der Waals surface area (Å²) in [4.78, 5) is 11.9. The summed E-state index contributed by atoms with van der Waals surface area (Å²) in [5.74, 6) is -0.468. The number of hydrogen-bond acceptors (Lipinski definition) is 2. The molecule has 2 aromatic carbocycles. The first-order valence-electron chi connectivity index (χ1n) is 7.69. The third-order valence-electron chi connectivity index (χ3n) is 3.55. The molecule has 0 spiro atoms. The zero-order valence-corrected chi connectivity index (χ0v) is 13.3. The van der Waals surface area contributed by atoms with Crippen molar-refractivity contribution in [1.29, 1.82) is 0 Å². The Hall–Kier alpha value is -2.50. The van der Waals surface area contributed by atoms with E-state index in [4.69, 9.17) is 0 Å². The van der Waals surface area contributed by atoms with Crippen LogP contribution in [0, 0.1) is 0 Å². The van der Waals surface area contributed by atoms with E-state index in [1.54, 1.807) is 0 Å². The molecule has 2 N–H and O–H groups in total. The Morgan fingerprint density at radius 3 is 2.33 bits per heavy atom. The minimum atomic E-state index is -4.50. The summed E-state index contributed by atoms with van der Waals surface area (Å²) in [5.41, 5.74) is 1.02. The molecule has 0 saturated heterocycles. The molecule has 3 nitrogen and oxygen atoms in total. The van der Waals surface area contributed by atoms with Gasteiger partial charge in [0.05, 0.1) is 11.3 Å². The maximum atomic E-state index is 12.9. The van der Waals surface area contributed by atoms with Gasteiger partial charge in [0.25, 0.3) is 0 Å². The van der Waals surface area contributed by atoms with Gasteiger partial charge in [0, 0.05) is 18.7 Å². The van der Waals surface area contributed by atoms with Gasteiger partial charge >= 0.3 is 6.18 Å².